The van der Waals surface area contributed by atoms with Crippen LogP contribution in [0.1, 0.15) is 0 Å². The lowest BCUT2D eigenvalue weighted by atomic mass is 10.0. The van der Waals surface area contributed by atoms with E-state index >= 15 is 0 Å². The fourth-order valence-electron chi connectivity index (χ4n) is 2.94. The quantitative estimate of drug-likeness (QED) is 0.385. The molecule has 0 heterocycles. The maximum Gasteiger partial charge on any atom is 0.135 e. The molecule has 26 heavy (non-hydrogen) atoms. The van der Waals surface area contributed by atoms with Gasteiger partial charge in [0.1, 0.15) is 11.5 Å². The molecule has 0 atom stereocenters. The van der Waals surface area contributed by atoms with Crippen LogP contribution >= 0.6 is 13.5 Å². The number of ether oxygens (including phenoxy) is 1. The van der Waals surface area contributed by atoms with Crippen molar-refractivity contribution in [3.63, 3.8) is 0 Å². The van der Waals surface area contributed by atoms with Crippen molar-refractivity contribution < 1.29 is 4.74 Å². The zero-order chi connectivity index (χ0) is 16.9. The second-order valence-electron chi connectivity index (χ2n) is 5.83. The summed E-state index contributed by atoms with van der Waals surface area (Å²) in [6, 6.07) is 37.0. The van der Waals surface area contributed by atoms with Crippen LogP contribution in [0.5, 0.6) is 11.5 Å². The Morgan fingerprint density at radius 2 is 0.731 bits per heavy atom. The lowest BCUT2D eigenvalue weighted by molar-refractivity contribution is 0.486. The van der Waals surface area contributed by atoms with Crippen LogP contribution in [0.15, 0.2) is 109 Å². The van der Waals surface area contributed by atoms with Gasteiger partial charge in [-0.05, 0) is 23.3 Å². The van der Waals surface area contributed by atoms with Gasteiger partial charge < -0.3 is 4.74 Å². The molecule has 0 aliphatic heterocycles. The molecule has 0 saturated heterocycles. The molecule has 0 bridgehead atoms. The fourth-order valence-corrected chi connectivity index (χ4v) is 2.94. The van der Waals surface area contributed by atoms with Gasteiger partial charge >= 0.3 is 0 Å². The van der Waals surface area contributed by atoms with Gasteiger partial charge in [-0.25, -0.2) is 0 Å². The van der Waals surface area contributed by atoms with Crippen LogP contribution in [0.2, 0.25) is 0 Å². The smallest absolute Gasteiger partial charge is 0.135 e. The fraction of sp³-hybridized carbons (Fsp3) is 0. The zero-order valence-corrected chi connectivity index (χ0v) is 15.3. The van der Waals surface area contributed by atoms with Gasteiger partial charge in [0.2, 0.25) is 0 Å². The summed E-state index contributed by atoms with van der Waals surface area (Å²) < 4.78 is 6.35. The van der Waals surface area contributed by atoms with Crippen LogP contribution in [0.3, 0.4) is 0 Å². The van der Waals surface area contributed by atoms with Gasteiger partial charge in [-0.3, -0.25) is 0 Å². The number of hydrogen-bond donors (Lipinski definition) is 0. The monoisotopic (exact) mass is 356 g/mol. The summed E-state index contributed by atoms with van der Waals surface area (Å²) in [5.74, 6) is 1.72. The van der Waals surface area contributed by atoms with Gasteiger partial charge in [0, 0.05) is 11.1 Å². The van der Waals surface area contributed by atoms with E-state index < -0.39 is 0 Å². The van der Waals surface area contributed by atoms with Crippen molar-refractivity contribution in [2.75, 3.05) is 0 Å². The molecule has 0 aliphatic carbocycles. The van der Waals surface area contributed by atoms with E-state index in [0.29, 0.717) is 0 Å². The molecular weight excluding hydrogens is 336 g/mol. The Bertz CT molecular complexity index is 884. The van der Waals surface area contributed by atoms with Crippen molar-refractivity contribution in [2.45, 2.75) is 0 Å². The van der Waals surface area contributed by atoms with E-state index in [2.05, 4.69) is 36.4 Å². The molecule has 0 N–H and O–H groups in total. The average Bonchev–Trinajstić information content (AvgIpc) is 2.70. The first-order chi connectivity index (χ1) is 12.4. The summed E-state index contributed by atoms with van der Waals surface area (Å²) in [6.07, 6.45) is 0. The molecule has 0 unspecified atom stereocenters. The molecule has 0 aliphatic rings. The van der Waals surface area contributed by atoms with Crippen molar-refractivity contribution in [3.05, 3.63) is 109 Å². The Labute approximate surface area is 161 Å². The third kappa shape index (κ3) is 3.81. The second-order valence-corrected chi connectivity index (χ2v) is 5.83. The van der Waals surface area contributed by atoms with Crippen molar-refractivity contribution in [1.82, 2.24) is 0 Å². The summed E-state index contributed by atoms with van der Waals surface area (Å²) in [4.78, 5) is 0. The van der Waals surface area contributed by atoms with E-state index in [1.165, 1.54) is 0 Å². The van der Waals surface area contributed by atoms with Crippen LogP contribution in [-0.4, -0.2) is 0 Å². The first kappa shape index (κ1) is 17.8. The molecule has 4 rings (SSSR count). The van der Waals surface area contributed by atoms with Crippen molar-refractivity contribution in [2.24, 2.45) is 0 Å². The molecule has 4 aromatic rings. The predicted molar refractivity (Wildman–Crippen MR) is 114 cm³/mol. The van der Waals surface area contributed by atoms with Crippen LogP contribution in [0.25, 0.3) is 22.3 Å². The molecule has 0 saturated carbocycles. The minimum Gasteiger partial charge on any atom is -0.456 e. The number of benzene rings is 4. The Hall–Kier alpha value is -2.97. The van der Waals surface area contributed by atoms with E-state index in [1.54, 1.807) is 0 Å². The SMILES string of the molecule is S.c1ccc(-c2ccccc2Oc2ccccc2-c2ccccc2)cc1. The van der Waals surface area contributed by atoms with E-state index in [4.69, 9.17) is 4.74 Å². The number of para-hydroxylation sites is 2. The molecule has 0 amide bonds. The summed E-state index contributed by atoms with van der Waals surface area (Å²) in [6.45, 7) is 0. The Morgan fingerprint density at radius 3 is 1.15 bits per heavy atom. The van der Waals surface area contributed by atoms with Crippen LogP contribution in [0.4, 0.5) is 0 Å². The van der Waals surface area contributed by atoms with E-state index in [-0.39, 0.29) is 13.5 Å². The molecule has 0 radical (unpaired) electrons. The standard InChI is InChI=1S/C24H18O.H2S/c1-3-11-19(12-4-1)21-15-7-9-17-23(21)25-24-18-10-8-16-22(24)20-13-5-2-6-14-20;/h1-18H;1H2. The average molecular weight is 356 g/mol. The Balaban J connectivity index is 0.00000196. The minimum atomic E-state index is 0. The van der Waals surface area contributed by atoms with Gasteiger partial charge in [0.05, 0.1) is 0 Å². The highest BCUT2D eigenvalue weighted by atomic mass is 32.1. The lowest BCUT2D eigenvalue weighted by Crippen LogP contribution is -1.90. The Kier molecular flexibility index (Phi) is 5.77. The molecule has 0 aromatic heterocycles. The van der Waals surface area contributed by atoms with E-state index in [9.17, 15) is 0 Å². The van der Waals surface area contributed by atoms with Gasteiger partial charge in [-0.2, -0.15) is 13.5 Å². The highest BCUT2D eigenvalue weighted by molar-refractivity contribution is 7.59. The van der Waals surface area contributed by atoms with Gasteiger partial charge in [-0.15, -0.1) is 0 Å². The minimum absolute atomic E-state index is 0. The van der Waals surface area contributed by atoms with Crippen molar-refractivity contribution in [1.29, 1.82) is 0 Å². The maximum absolute atomic E-state index is 6.35. The van der Waals surface area contributed by atoms with Gasteiger partial charge in [0.25, 0.3) is 0 Å². The first-order valence-electron chi connectivity index (χ1n) is 8.38. The molecular formula is C24H20OS. The topological polar surface area (TPSA) is 9.23 Å². The van der Waals surface area contributed by atoms with Crippen LogP contribution in [-0.2, 0) is 0 Å². The zero-order valence-electron chi connectivity index (χ0n) is 14.3. The summed E-state index contributed by atoms with van der Waals surface area (Å²) in [5.41, 5.74) is 4.47. The third-order valence-corrected chi connectivity index (χ3v) is 4.16. The molecule has 2 heteroatoms. The lowest BCUT2D eigenvalue weighted by Gasteiger charge is -2.14. The summed E-state index contributed by atoms with van der Waals surface area (Å²) in [7, 11) is 0. The molecule has 4 aromatic carbocycles. The van der Waals surface area contributed by atoms with Crippen molar-refractivity contribution >= 4 is 13.5 Å². The number of rotatable bonds is 4. The molecule has 0 fully saturated rings. The van der Waals surface area contributed by atoms with E-state index in [0.717, 1.165) is 33.8 Å². The van der Waals surface area contributed by atoms with Crippen molar-refractivity contribution in [3.8, 4) is 33.8 Å². The number of hydrogen-bond acceptors (Lipinski definition) is 1. The molecule has 1 nitrogen and oxygen atoms in total. The first-order valence-corrected chi connectivity index (χ1v) is 8.38. The largest absolute Gasteiger partial charge is 0.456 e. The predicted octanol–water partition coefficient (Wildman–Crippen LogP) is 6.93. The highest BCUT2D eigenvalue weighted by Gasteiger charge is 2.10. The maximum atomic E-state index is 6.35. The van der Waals surface area contributed by atoms with Crippen LogP contribution < -0.4 is 4.74 Å². The van der Waals surface area contributed by atoms with Crippen LogP contribution in [0, 0.1) is 0 Å². The Morgan fingerprint density at radius 1 is 0.385 bits per heavy atom. The normalized spacial score (nSPS) is 10.0. The third-order valence-electron chi connectivity index (χ3n) is 4.16. The second kappa shape index (κ2) is 8.41. The molecule has 128 valence electrons. The van der Waals surface area contributed by atoms with Gasteiger partial charge in [0.15, 0.2) is 0 Å². The molecule has 0 spiro atoms. The van der Waals surface area contributed by atoms with Gasteiger partial charge in [-0.1, -0.05) is 97.1 Å². The summed E-state index contributed by atoms with van der Waals surface area (Å²) in [5, 5.41) is 0. The highest BCUT2D eigenvalue weighted by Crippen LogP contribution is 2.37. The van der Waals surface area contributed by atoms with E-state index in [1.807, 2.05) is 72.8 Å². The summed E-state index contributed by atoms with van der Waals surface area (Å²) >= 11 is 0.